The highest BCUT2D eigenvalue weighted by Gasteiger charge is 2.23. The number of aryl methyl sites for hydroxylation is 2. The summed E-state index contributed by atoms with van der Waals surface area (Å²) in [4.78, 5) is 19.4. The second-order valence-corrected chi connectivity index (χ2v) is 6.94. The van der Waals surface area contributed by atoms with Crippen molar-refractivity contribution in [3.8, 4) is 0 Å². The van der Waals surface area contributed by atoms with E-state index >= 15 is 0 Å². The predicted molar refractivity (Wildman–Crippen MR) is 116 cm³/mol. The molecular formula is C22H25N5O2. The van der Waals surface area contributed by atoms with Crippen LogP contribution in [-0.2, 0) is 13.0 Å². The van der Waals surface area contributed by atoms with Crippen LogP contribution >= 0.6 is 0 Å². The first-order valence-electron chi connectivity index (χ1n) is 9.71. The molecule has 150 valence electrons. The van der Waals surface area contributed by atoms with Gasteiger partial charge in [0.2, 0.25) is 11.6 Å². The van der Waals surface area contributed by atoms with Crippen molar-refractivity contribution in [1.82, 2.24) is 9.97 Å². The van der Waals surface area contributed by atoms with Gasteiger partial charge in [-0.3, -0.25) is 10.1 Å². The Morgan fingerprint density at radius 3 is 2.28 bits per heavy atom. The summed E-state index contributed by atoms with van der Waals surface area (Å²) in [6.07, 6.45) is 4.63. The van der Waals surface area contributed by atoms with Gasteiger partial charge in [0.15, 0.2) is 0 Å². The second kappa shape index (κ2) is 9.64. The van der Waals surface area contributed by atoms with Crippen molar-refractivity contribution in [3.63, 3.8) is 0 Å². The first kappa shape index (κ1) is 20.3. The van der Waals surface area contributed by atoms with Crippen LogP contribution in [0.25, 0.3) is 0 Å². The molecule has 2 aromatic carbocycles. The number of anilines is 3. The average molecular weight is 391 g/mol. The van der Waals surface area contributed by atoms with Gasteiger partial charge in [-0.1, -0.05) is 55.3 Å². The lowest BCUT2D eigenvalue weighted by atomic mass is 10.1. The Bertz CT molecular complexity index is 956. The summed E-state index contributed by atoms with van der Waals surface area (Å²) in [6.45, 7) is 4.61. The highest BCUT2D eigenvalue weighted by molar-refractivity contribution is 5.73. The van der Waals surface area contributed by atoms with Gasteiger partial charge in [0, 0.05) is 12.2 Å². The molecule has 1 aromatic heterocycles. The maximum Gasteiger partial charge on any atom is 0.353 e. The zero-order valence-electron chi connectivity index (χ0n) is 16.7. The first-order valence-corrected chi connectivity index (χ1v) is 9.71. The topological polar surface area (TPSA) is 93.0 Å². The molecule has 0 saturated heterocycles. The Morgan fingerprint density at radius 2 is 1.62 bits per heavy atom. The summed E-state index contributed by atoms with van der Waals surface area (Å²) >= 11 is 0. The SMILES string of the molecule is CCCCc1ccc(Nc2ncnc(NCc3ccc(C)cc3)c2[N+](=O)[O-])cc1. The molecule has 0 radical (unpaired) electrons. The van der Waals surface area contributed by atoms with E-state index in [4.69, 9.17) is 0 Å². The van der Waals surface area contributed by atoms with Crippen molar-refractivity contribution in [2.45, 2.75) is 39.7 Å². The van der Waals surface area contributed by atoms with Gasteiger partial charge < -0.3 is 10.6 Å². The third kappa shape index (κ3) is 5.51. The molecule has 0 aliphatic rings. The van der Waals surface area contributed by atoms with Gasteiger partial charge in [-0.15, -0.1) is 0 Å². The zero-order chi connectivity index (χ0) is 20.6. The number of unbranched alkanes of at least 4 members (excludes halogenated alkanes) is 1. The Labute approximate surface area is 170 Å². The van der Waals surface area contributed by atoms with Crippen molar-refractivity contribution in [2.75, 3.05) is 10.6 Å². The van der Waals surface area contributed by atoms with Crippen LogP contribution in [0.5, 0.6) is 0 Å². The molecule has 0 aliphatic heterocycles. The smallest absolute Gasteiger partial charge is 0.353 e. The van der Waals surface area contributed by atoms with E-state index in [0.717, 1.165) is 36.1 Å². The Hall–Kier alpha value is -3.48. The summed E-state index contributed by atoms with van der Waals surface area (Å²) in [5.74, 6) is 0.352. The van der Waals surface area contributed by atoms with Gasteiger partial charge in [0.25, 0.3) is 0 Å². The number of nitrogens with zero attached hydrogens (tertiary/aromatic N) is 3. The molecule has 2 N–H and O–H groups in total. The summed E-state index contributed by atoms with van der Waals surface area (Å²) in [5.41, 5.74) is 4.00. The minimum Gasteiger partial charge on any atom is -0.360 e. The highest BCUT2D eigenvalue weighted by atomic mass is 16.6. The lowest BCUT2D eigenvalue weighted by molar-refractivity contribution is -0.383. The largest absolute Gasteiger partial charge is 0.360 e. The van der Waals surface area contributed by atoms with Crippen molar-refractivity contribution in [1.29, 1.82) is 0 Å². The van der Waals surface area contributed by atoms with Crippen LogP contribution in [0.2, 0.25) is 0 Å². The molecule has 3 rings (SSSR count). The minimum absolute atomic E-state index is 0.165. The van der Waals surface area contributed by atoms with Crippen LogP contribution < -0.4 is 10.6 Å². The van der Waals surface area contributed by atoms with Crippen LogP contribution in [0.1, 0.15) is 36.5 Å². The molecule has 0 atom stereocenters. The van der Waals surface area contributed by atoms with Gasteiger partial charge in [0.1, 0.15) is 6.33 Å². The van der Waals surface area contributed by atoms with Gasteiger partial charge in [-0.25, -0.2) is 9.97 Å². The predicted octanol–water partition coefficient (Wildman–Crippen LogP) is 5.39. The normalized spacial score (nSPS) is 10.6. The van der Waals surface area contributed by atoms with Crippen LogP contribution in [0, 0.1) is 17.0 Å². The summed E-state index contributed by atoms with van der Waals surface area (Å²) in [5, 5.41) is 17.8. The molecule has 3 aromatic rings. The molecule has 0 aliphatic carbocycles. The summed E-state index contributed by atoms with van der Waals surface area (Å²) < 4.78 is 0. The Kier molecular flexibility index (Phi) is 6.73. The molecule has 29 heavy (non-hydrogen) atoms. The fourth-order valence-electron chi connectivity index (χ4n) is 2.94. The van der Waals surface area contributed by atoms with E-state index in [9.17, 15) is 10.1 Å². The monoisotopic (exact) mass is 391 g/mol. The number of nitro groups is 1. The molecule has 0 unspecified atom stereocenters. The lowest BCUT2D eigenvalue weighted by Gasteiger charge is -2.11. The maximum atomic E-state index is 11.7. The molecule has 1 heterocycles. The molecule has 0 bridgehead atoms. The number of hydrogen-bond donors (Lipinski definition) is 2. The lowest BCUT2D eigenvalue weighted by Crippen LogP contribution is -2.08. The standard InChI is InChI=1S/C22H25N5O2/c1-3-4-5-17-10-12-19(13-11-17)26-22-20(27(28)29)21(24-15-25-22)23-14-18-8-6-16(2)7-9-18/h6-13,15H,3-5,14H2,1-2H3,(H2,23,24,25,26). The Balaban J connectivity index is 1.77. The van der Waals surface area contributed by atoms with Crippen LogP contribution in [0.3, 0.4) is 0 Å². The van der Waals surface area contributed by atoms with Crippen LogP contribution in [0.15, 0.2) is 54.9 Å². The Morgan fingerprint density at radius 1 is 0.966 bits per heavy atom. The fourth-order valence-corrected chi connectivity index (χ4v) is 2.94. The third-order valence-corrected chi connectivity index (χ3v) is 4.62. The van der Waals surface area contributed by atoms with E-state index in [1.54, 1.807) is 0 Å². The quantitative estimate of drug-likeness (QED) is 0.375. The maximum absolute atomic E-state index is 11.7. The highest BCUT2D eigenvalue weighted by Crippen LogP contribution is 2.31. The van der Waals surface area contributed by atoms with Gasteiger partial charge in [0.05, 0.1) is 4.92 Å². The number of nitrogens with one attached hydrogen (secondary N) is 2. The molecule has 0 fully saturated rings. The molecule has 7 nitrogen and oxygen atoms in total. The van der Waals surface area contributed by atoms with Crippen molar-refractivity contribution >= 4 is 23.0 Å². The van der Waals surface area contributed by atoms with E-state index in [0.29, 0.717) is 6.54 Å². The average Bonchev–Trinajstić information content (AvgIpc) is 2.72. The number of aromatic nitrogens is 2. The van der Waals surface area contributed by atoms with Crippen molar-refractivity contribution < 1.29 is 4.92 Å². The van der Waals surface area contributed by atoms with E-state index in [1.165, 1.54) is 11.9 Å². The van der Waals surface area contributed by atoms with Crippen LogP contribution in [0.4, 0.5) is 23.0 Å². The van der Waals surface area contributed by atoms with E-state index in [1.807, 2.05) is 55.5 Å². The first-order chi connectivity index (χ1) is 14.1. The number of benzene rings is 2. The molecule has 0 spiro atoms. The fraction of sp³-hybridized carbons (Fsp3) is 0.273. The van der Waals surface area contributed by atoms with Crippen LogP contribution in [-0.4, -0.2) is 14.9 Å². The van der Waals surface area contributed by atoms with Crippen molar-refractivity contribution in [3.05, 3.63) is 81.7 Å². The van der Waals surface area contributed by atoms with Gasteiger partial charge >= 0.3 is 5.69 Å². The summed E-state index contributed by atoms with van der Waals surface area (Å²) in [7, 11) is 0. The van der Waals surface area contributed by atoms with Gasteiger partial charge in [-0.05, 0) is 43.0 Å². The molecule has 7 heteroatoms. The molecule has 0 amide bonds. The second-order valence-electron chi connectivity index (χ2n) is 6.94. The molecule has 0 saturated carbocycles. The number of rotatable bonds is 9. The van der Waals surface area contributed by atoms with Gasteiger partial charge in [-0.2, -0.15) is 0 Å². The van der Waals surface area contributed by atoms with E-state index in [-0.39, 0.29) is 17.3 Å². The van der Waals surface area contributed by atoms with E-state index in [2.05, 4.69) is 27.5 Å². The molecular weight excluding hydrogens is 366 g/mol. The zero-order valence-corrected chi connectivity index (χ0v) is 16.7. The summed E-state index contributed by atoms with van der Waals surface area (Å²) in [6, 6.07) is 15.9. The third-order valence-electron chi connectivity index (χ3n) is 4.62. The minimum atomic E-state index is -0.463. The number of hydrogen-bond acceptors (Lipinski definition) is 6. The van der Waals surface area contributed by atoms with Crippen molar-refractivity contribution in [2.24, 2.45) is 0 Å². The van der Waals surface area contributed by atoms with E-state index < -0.39 is 4.92 Å².